The molecule has 27 heavy (non-hydrogen) atoms. The molecule has 3 rings (SSSR count). The van der Waals surface area contributed by atoms with E-state index in [1.54, 1.807) is 48.5 Å². The fourth-order valence-electron chi connectivity index (χ4n) is 2.49. The minimum Gasteiger partial charge on any atom is -0.322 e. The smallest absolute Gasteiger partial charge is 0.261 e. The molecule has 3 aromatic carbocycles. The van der Waals surface area contributed by atoms with Crippen molar-refractivity contribution in [1.82, 2.24) is 0 Å². The number of amides is 1. The number of halogens is 1. The van der Waals surface area contributed by atoms with E-state index in [-0.39, 0.29) is 16.1 Å². The third kappa shape index (κ3) is 4.56. The first-order chi connectivity index (χ1) is 12.9. The summed E-state index contributed by atoms with van der Waals surface area (Å²) in [6.07, 6.45) is 0. The Kier molecular flexibility index (Phi) is 5.62. The van der Waals surface area contributed by atoms with Gasteiger partial charge in [-0.3, -0.25) is 9.52 Å². The molecule has 0 saturated carbocycles. The highest BCUT2D eigenvalue weighted by atomic mass is 79.9. The van der Waals surface area contributed by atoms with Crippen molar-refractivity contribution in [2.24, 2.45) is 0 Å². The number of nitrogens with one attached hydrogen (secondary N) is 2. The van der Waals surface area contributed by atoms with Crippen molar-refractivity contribution in [2.75, 3.05) is 10.0 Å². The van der Waals surface area contributed by atoms with Crippen LogP contribution in [-0.4, -0.2) is 14.3 Å². The largest absolute Gasteiger partial charge is 0.322 e. The van der Waals surface area contributed by atoms with E-state index in [2.05, 4.69) is 26.0 Å². The van der Waals surface area contributed by atoms with Crippen LogP contribution in [0.5, 0.6) is 0 Å². The van der Waals surface area contributed by atoms with Crippen LogP contribution in [0.3, 0.4) is 0 Å². The summed E-state index contributed by atoms with van der Waals surface area (Å²) < 4.78 is 28.6. The number of anilines is 2. The lowest BCUT2D eigenvalue weighted by molar-refractivity contribution is 0.102. The van der Waals surface area contributed by atoms with Crippen LogP contribution in [0.4, 0.5) is 11.4 Å². The van der Waals surface area contributed by atoms with Gasteiger partial charge in [0.15, 0.2) is 0 Å². The molecule has 1 amide bonds. The molecule has 0 heterocycles. The molecule has 3 aromatic rings. The van der Waals surface area contributed by atoms with E-state index in [0.29, 0.717) is 5.69 Å². The van der Waals surface area contributed by atoms with Crippen molar-refractivity contribution in [3.63, 3.8) is 0 Å². The van der Waals surface area contributed by atoms with Gasteiger partial charge < -0.3 is 5.32 Å². The van der Waals surface area contributed by atoms with E-state index < -0.39 is 15.9 Å². The summed E-state index contributed by atoms with van der Waals surface area (Å²) >= 11 is 3.42. The maximum atomic E-state index is 12.7. The summed E-state index contributed by atoms with van der Waals surface area (Å²) in [5, 5.41) is 2.80. The molecule has 0 spiro atoms. The Balaban J connectivity index is 1.87. The Labute approximate surface area is 166 Å². The molecule has 7 heteroatoms. The molecule has 0 aliphatic rings. The third-order valence-corrected chi connectivity index (χ3v) is 6.16. The zero-order chi connectivity index (χ0) is 19.4. The van der Waals surface area contributed by atoms with Crippen LogP contribution in [-0.2, 0) is 10.0 Å². The number of hydrogen-bond acceptors (Lipinski definition) is 3. The molecule has 0 aliphatic heterocycles. The van der Waals surface area contributed by atoms with Crippen molar-refractivity contribution in [3.8, 4) is 0 Å². The summed E-state index contributed by atoms with van der Waals surface area (Å²) in [5.74, 6) is -0.400. The summed E-state index contributed by atoms with van der Waals surface area (Å²) in [4.78, 5) is 12.8. The molecule has 0 bridgehead atoms. The van der Waals surface area contributed by atoms with Gasteiger partial charge in [0, 0.05) is 10.2 Å². The molecule has 0 radical (unpaired) electrons. The number of aryl methyl sites for hydroxylation is 1. The highest BCUT2D eigenvalue weighted by Gasteiger charge is 2.18. The van der Waals surface area contributed by atoms with Crippen molar-refractivity contribution in [2.45, 2.75) is 11.8 Å². The molecule has 0 fully saturated rings. The topological polar surface area (TPSA) is 75.3 Å². The van der Waals surface area contributed by atoms with Crippen molar-refractivity contribution < 1.29 is 13.2 Å². The first-order valence-electron chi connectivity index (χ1n) is 8.11. The Morgan fingerprint density at radius 2 is 1.59 bits per heavy atom. The monoisotopic (exact) mass is 444 g/mol. The average molecular weight is 445 g/mol. The molecular weight excluding hydrogens is 428 g/mol. The normalized spacial score (nSPS) is 11.0. The number of para-hydroxylation sites is 1. The van der Waals surface area contributed by atoms with E-state index in [1.807, 2.05) is 19.1 Å². The Hall–Kier alpha value is -2.64. The Morgan fingerprint density at radius 1 is 0.926 bits per heavy atom. The first kappa shape index (κ1) is 19.1. The molecule has 0 unspecified atom stereocenters. The number of sulfonamides is 1. The third-order valence-electron chi connectivity index (χ3n) is 3.89. The van der Waals surface area contributed by atoms with Crippen LogP contribution in [0.15, 0.2) is 82.2 Å². The van der Waals surface area contributed by atoms with E-state index >= 15 is 0 Å². The minimum absolute atomic E-state index is 0.128. The quantitative estimate of drug-likeness (QED) is 0.592. The molecule has 0 saturated heterocycles. The van der Waals surface area contributed by atoms with E-state index in [4.69, 9.17) is 0 Å². The molecule has 0 aromatic heterocycles. The van der Waals surface area contributed by atoms with Gasteiger partial charge >= 0.3 is 0 Å². The molecule has 2 N–H and O–H groups in total. The summed E-state index contributed by atoms with van der Waals surface area (Å²) in [6.45, 7) is 1.92. The first-order valence-corrected chi connectivity index (χ1v) is 10.4. The fourth-order valence-corrected chi connectivity index (χ4v) is 3.84. The van der Waals surface area contributed by atoms with Gasteiger partial charge in [0.05, 0.1) is 16.1 Å². The highest BCUT2D eigenvalue weighted by Crippen LogP contribution is 2.23. The summed E-state index contributed by atoms with van der Waals surface area (Å²) in [6, 6.07) is 19.9. The van der Waals surface area contributed by atoms with Crippen molar-refractivity contribution in [1.29, 1.82) is 0 Å². The molecule has 0 atom stereocenters. The molecule has 138 valence electrons. The lowest BCUT2D eigenvalue weighted by atomic mass is 10.1. The number of hydrogen-bond donors (Lipinski definition) is 2. The zero-order valence-corrected chi connectivity index (χ0v) is 16.8. The van der Waals surface area contributed by atoms with Gasteiger partial charge in [-0.05, 0) is 55.0 Å². The van der Waals surface area contributed by atoms with Gasteiger partial charge in [-0.15, -0.1) is 0 Å². The second kappa shape index (κ2) is 7.94. The van der Waals surface area contributed by atoms with Gasteiger partial charge in [-0.2, -0.15) is 0 Å². The molecule has 5 nitrogen and oxygen atoms in total. The van der Waals surface area contributed by atoms with Crippen molar-refractivity contribution >= 4 is 43.2 Å². The minimum atomic E-state index is -3.79. The van der Waals surface area contributed by atoms with Crippen LogP contribution in [0.2, 0.25) is 0 Å². The van der Waals surface area contributed by atoms with Crippen LogP contribution < -0.4 is 10.0 Å². The van der Waals surface area contributed by atoms with E-state index in [0.717, 1.165) is 10.0 Å². The summed E-state index contributed by atoms with van der Waals surface area (Å²) in [7, 11) is -3.79. The fraction of sp³-hybridized carbons (Fsp3) is 0.0500. The van der Waals surface area contributed by atoms with E-state index in [1.165, 1.54) is 12.1 Å². The maximum absolute atomic E-state index is 12.7. The average Bonchev–Trinajstić information content (AvgIpc) is 2.65. The Morgan fingerprint density at radius 3 is 2.30 bits per heavy atom. The van der Waals surface area contributed by atoms with Gasteiger partial charge in [0.1, 0.15) is 0 Å². The van der Waals surface area contributed by atoms with Crippen LogP contribution in [0, 0.1) is 6.92 Å². The maximum Gasteiger partial charge on any atom is 0.261 e. The second-order valence-corrected chi connectivity index (χ2v) is 8.42. The number of rotatable bonds is 5. The lowest BCUT2D eigenvalue weighted by Crippen LogP contribution is -2.18. The van der Waals surface area contributed by atoms with Gasteiger partial charge in [0.2, 0.25) is 0 Å². The van der Waals surface area contributed by atoms with Crippen LogP contribution >= 0.6 is 15.9 Å². The standard InChI is InChI=1S/C20H17BrN2O3S/c1-14-13-15(11-12-18(14)21)22-20(24)17-9-5-6-10-19(17)23-27(25,26)16-7-3-2-4-8-16/h2-13,23H,1H3,(H,22,24). The van der Waals surface area contributed by atoms with Gasteiger partial charge in [0.25, 0.3) is 15.9 Å². The summed E-state index contributed by atoms with van der Waals surface area (Å²) in [5.41, 5.74) is 2.05. The number of carbonyl (C=O) groups excluding carboxylic acids is 1. The molecule has 0 aliphatic carbocycles. The molecular formula is C20H17BrN2O3S. The Bertz CT molecular complexity index is 1080. The van der Waals surface area contributed by atoms with Gasteiger partial charge in [-0.1, -0.05) is 46.3 Å². The van der Waals surface area contributed by atoms with Crippen LogP contribution in [0.25, 0.3) is 0 Å². The predicted molar refractivity (Wildman–Crippen MR) is 111 cm³/mol. The zero-order valence-electron chi connectivity index (χ0n) is 14.4. The SMILES string of the molecule is Cc1cc(NC(=O)c2ccccc2NS(=O)(=O)c2ccccc2)ccc1Br. The predicted octanol–water partition coefficient (Wildman–Crippen LogP) is 4.81. The lowest BCUT2D eigenvalue weighted by Gasteiger charge is -2.13. The van der Waals surface area contributed by atoms with Crippen LogP contribution in [0.1, 0.15) is 15.9 Å². The second-order valence-electron chi connectivity index (χ2n) is 5.88. The van der Waals surface area contributed by atoms with Crippen molar-refractivity contribution in [3.05, 3.63) is 88.4 Å². The van der Waals surface area contributed by atoms with Gasteiger partial charge in [-0.25, -0.2) is 8.42 Å². The van der Waals surface area contributed by atoms with E-state index in [9.17, 15) is 13.2 Å². The number of carbonyl (C=O) groups is 1. The number of benzene rings is 3. The highest BCUT2D eigenvalue weighted by molar-refractivity contribution is 9.10.